The lowest BCUT2D eigenvalue weighted by molar-refractivity contribution is 0.0695. The fourth-order valence-electron chi connectivity index (χ4n) is 2.21. The maximum Gasteiger partial charge on any atom is 0.336 e. The molecule has 0 aliphatic carbocycles. The van der Waals surface area contributed by atoms with E-state index in [1.54, 1.807) is 26.8 Å². The van der Waals surface area contributed by atoms with Crippen molar-refractivity contribution in [2.24, 2.45) is 0 Å². The first-order valence-corrected chi connectivity index (χ1v) is 6.40. The molecule has 2 rings (SSSR count). The van der Waals surface area contributed by atoms with Crippen molar-refractivity contribution in [2.45, 2.75) is 27.7 Å². The van der Waals surface area contributed by atoms with E-state index in [1.807, 2.05) is 6.92 Å². The van der Waals surface area contributed by atoms with Gasteiger partial charge in [0, 0.05) is 5.69 Å². The minimum absolute atomic E-state index is 0.162. The van der Waals surface area contributed by atoms with Crippen LogP contribution in [0.5, 0.6) is 0 Å². The Balaban J connectivity index is 2.38. The Morgan fingerprint density at radius 2 is 1.81 bits per heavy atom. The SMILES string of the molecule is Cc1cc(C)c(C(=O)O)cc1NC(=O)c1c(C)noc1C. The summed E-state index contributed by atoms with van der Waals surface area (Å²) in [7, 11) is 0. The van der Waals surface area contributed by atoms with Gasteiger partial charge in [-0.05, 0) is 44.9 Å². The van der Waals surface area contributed by atoms with Gasteiger partial charge in [0.05, 0.1) is 11.3 Å². The standard InChI is InChI=1S/C15H16N2O4/c1-7-5-8(2)12(6-11(7)15(19)20)16-14(18)13-9(3)17-21-10(13)4/h5-6H,1-4H3,(H,16,18)(H,19,20). The number of carbonyl (C=O) groups is 2. The number of carboxylic acid groups (broad SMARTS) is 1. The maximum atomic E-state index is 12.3. The number of rotatable bonds is 3. The third-order valence-electron chi connectivity index (χ3n) is 3.31. The van der Waals surface area contributed by atoms with Gasteiger partial charge >= 0.3 is 5.97 Å². The first-order chi connectivity index (χ1) is 9.81. The van der Waals surface area contributed by atoms with E-state index in [2.05, 4.69) is 10.5 Å². The lowest BCUT2D eigenvalue weighted by Gasteiger charge is -2.11. The summed E-state index contributed by atoms with van der Waals surface area (Å²) in [5.74, 6) is -0.969. The Labute approximate surface area is 121 Å². The van der Waals surface area contributed by atoms with Gasteiger partial charge in [-0.1, -0.05) is 11.2 Å². The van der Waals surface area contributed by atoms with Crippen LogP contribution >= 0.6 is 0 Å². The number of nitrogens with zero attached hydrogens (tertiary/aromatic N) is 1. The molecule has 0 unspecified atom stereocenters. The topological polar surface area (TPSA) is 92.4 Å². The van der Waals surface area contributed by atoms with Crippen molar-refractivity contribution < 1.29 is 19.2 Å². The lowest BCUT2D eigenvalue weighted by atomic mass is 10.0. The molecular formula is C15H16N2O4. The molecule has 1 amide bonds. The molecular weight excluding hydrogens is 272 g/mol. The minimum Gasteiger partial charge on any atom is -0.478 e. The molecule has 6 heteroatoms. The van der Waals surface area contributed by atoms with Crippen LogP contribution in [0.2, 0.25) is 0 Å². The fraction of sp³-hybridized carbons (Fsp3) is 0.267. The minimum atomic E-state index is -1.03. The molecule has 2 aromatic rings. The molecule has 0 radical (unpaired) electrons. The number of anilines is 1. The molecule has 0 aliphatic heterocycles. The van der Waals surface area contributed by atoms with E-state index in [-0.39, 0.29) is 11.5 Å². The first-order valence-electron chi connectivity index (χ1n) is 6.40. The van der Waals surface area contributed by atoms with Crippen molar-refractivity contribution in [2.75, 3.05) is 5.32 Å². The highest BCUT2D eigenvalue weighted by molar-refractivity contribution is 6.06. The van der Waals surface area contributed by atoms with Gasteiger partial charge in [-0.25, -0.2) is 4.79 Å². The molecule has 1 heterocycles. The van der Waals surface area contributed by atoms with Crippen LogP contribution in [0.4, 0.5) is 5.69 Å². The molecule has 6 nitrogen and oxygen atoms in total. The smallest absolute Gasteiger partial charge is 0.336 e. The zero-order valence-corrected chi connectivity index (χ0v) is 12.3. The van der Waals surface area contributed by atoms with Crippen LogP contribution in [0.1, 0.15) is 43.3 Å². The third-order valence-corrected chi connectivity index (χ3v) is 3.31. The molecule has 0 saturated carbocycles. The highest BCUT2D eigenvalue weighted by atomic mass is 16.5. The van der Waals surface area contributed by atoms with Gasteiger partial charge in [-0.2, -0.15) is 0 Å². The molecule has 0 fully saturated rings. The van der Waals surface area contributed by atoms with Crippen molar-refractivity contribution in [1.29, 1.82) is 0 Å². The Kier molecular flexibility index (Phi) is 3.80. The molecule has 1 aromatic carbocycles. The quantitative estimate of drug-likeness (QED) is 0.906. The van der Waals surface area contributed by atoms with Crippen molar-refractivity contribution >= 4 is 17.6 Å². The van der Waals surface area contributed by atoms with E-state index in [1.165, 1.54) is 6.07 Å². The number of carbonyl (C=O) groups excluding carboxylic acids is 1. The molecule has 2 N–H and O–H groups in total. The van der Waals surface area contributed by atoms with Crippen molar-refractivity contribution in [3.8, 4) is 0 Å². The summed E-state index contributed by atoms with van der Waals surface area (Å²) >= 11 is 0. The normalized spacial score (nSPS) is 10.5. The average molecular weight is 288 g/mol. The number of carboxylic acids is 1. The highest BCUT2D eigenvalue weighted by Crippen LogP contribution is 2.22. The van der Waals surface area contributed by atoms with Crippen LogP contribution in [0.15, 0.2) is 16.7 Å². The highest BCUT2D eigenvalue weighted by Gasteiger charge is 2.19. The number of aryl methyl sites for hydroxylation is 4. The molecule has 0 atom stereocenters. The predicted octanol–water partition coefficient (Wildman–Crippen LogP) is 2.86. The number of aromatic nitrogens is 1. The van der Waals surface area contributed by atoms with Crippen LogP contribution in [0, 0.1) is 27.7 Å². The molecule has 0 bridgehead atoms. The maximum absolute atomic E-state index is 12.3. The second-order valence-corrected chi connectivity index (χ2v) is 4.94. The molecule has 21 heavy (non-hydrogen) atoms. The molecule has 0 spiro atoms. The largest absolute Gasteiger partial charge is 0.478 e. The van der Waals surface area contributed by atoms with Gasteiger partial charge in [0.2, 0.25) is 0 Å². The van der Waals surface area contributed by atoms with Crippen LogP contribution in [0.25, 0.3) is 0 Å². The molecule has 0 saturated heterocycles. The van der Waals surface area contributed by atoms with Crippen LogP contribution in [-0.2, 0) is 0 Å². The number of aromatic carboxylic acids is 1. The summed E-state index contributed by atoms with van der Waals surface area (Å²) < 4.78 is 4.96. The van der Waals surface area contributed by atoms with Gasteiger partial charge in [-0.3, -0.25) is 4.79 Å². The van der Waals surface area contributed by atoms with Gasteiger partial charge < -0.3 is 14.9 Å². The van der Waals surface area contributed by atoms with E-state index >= 15 is 0 Å². The summed E-state index contributed by atoms with van der Waals surface area (Å²) in [5, 5.41) is 15.6. The van der Waals surface area contributed by atoms with Gasteiger partial charge in [0.15, 0.2) is 0 Å². The lowest BCUT2D eigenvalue weighted by Crippen LogP contribution is -2.15. The molecule has 0 aliphatic rings. The van der Waals surface area contributed by atoms with Crippen LogP contribution < -0.4 is 5.32 Å². The van der Waals surface area contributed by atoms with Gasteiger partial charge in [0.1, 0.15) is 11.3 Å². The number of hydrogen-bond acceptors (Lipinski definition) is 4. The Morgan fingerprint density at radius 3 is 2.33 bits per heavy atom. The number of hydrogen-bond donors (Lipinski definition) is 2. The van der Waals surface area contributed by atoms with Crippen molar-refractivity contribution in [3.63, 3.8) is 0 Å². The number of amides is 1. The monoisotopic (exact) mass is 288 g/mol. The van der Waals surface area contributed by atoms with E-state index in [0.29, 0.717) is 28.3 Å². The Bertz CT molecular complexity index is 712. The third kappa shape index (κ3) is 2.79. The summed E-state index contributed by atoms with van der Waals surface area (Å²) in [6, 6.07) is 3.19. The van der Waals surface area contributed by atoms with E-state index < -0.39 is 5.97 Å². The fourth-order valence-corrected chi connectivity index (χ4v) is 2.21. The zero-order valence-electron chi connectivity index (χ0n) is 12.3. The first kappa shape index (κ1) is 14.8. The van der Waals surface area contributed by atoms with E-state index in [4.69, 9.17) is 9.63 Å². The second kappa shape index (κ2) is 5.40. The summed E-state index contributed by atoms with van der Waals surface area (Å²) in [6.45, 7) is 6.85. The van der Waals surface area contributed by atoms with E-state index in [0.717, 1.165) is 5.56 Å². The Hall–Kier alpha value is -2.63. The molecule has 110 valence electrons. The van der Waals surface area contributed by atoms with Gasteiger partial charge in [0.25, 0.3) is 5.91 Å². The number of nitrogens with one attached hydrogen (secondary N) is 1. The molecule has 1 aromatic heterocycles. The zero-order chi connectivity index (χ0) is 15.7. The number of benzene rings is 1. The van der Waals surface area contributed by atoms with Crippen LogP contribution in [-0.4, -0.2) is 22.1 Å². The summed E-state index contributed by atoms with van der Waals surface area (Å²) in [6.07, 6.45) is 0. The summed E-state index contributed by atoms with van der Waals surface area (Å²) in [5.41, 5.74) is 2.92. The predicted molar refractivity (Wildman–Crippen MR) is 76.8 cm³/mol. The van der Waals surface area contributed by atoms with E-state index in [9.17, 15) is 9.59 Å². The second-order valence-electron chi connectivity index (χ2n) is 4.94. The Morgan fingerprint density at radius 1 is 1.14 bits per heavy atom. The van der Waals surface area contributed by atoms with Crippen molar-refractivity contribution in [3.05, 3.63) is 45.8 Å². The van der Waals surface area contributed by atoms with Gasteiger partial charge in [-0.15, -0.1) is 0 Å². The average Bonchev–Trinajstić information content (AvgIpc) is 2.71. The van der Waals surface area contributed by atoms with Crippen LogP contribution in [0.3, 0.4) is 0 Å². The summed E-state index contributed by atoms with van der Waals surface area (Å²) in [4.78, 5) is 23.4. The van der Waals surface area contributed by atoms with Crippen molar-refractivity contribution in [1.82, 2.24) is 5.16 Å².